The molecule has 0 saturated heterocycles. The van der Waals surface area contributed by atoms with Gasteiger partial charge in [0, 0.05) is 62.4 Å². The number of aromatic hydroxyl groups is 1. The Kier molecular flexibility index (Phi) is 13.9. The lowest BCUT2D eigenvalue weighted by Crippen LogP contribution is -2.44. The van der Waals surface area contributed by atoms with Crippen LogP contribution in [-0.4, -0.2) is 102 Å². The summed E-state index contributed by atoms with van der Waals surface area (Å²) >= 11 is 9.21. The van der Waals surface area contributed by atoms with Crippen molar-refractivity contribution in [2.75, 3.05) is 47.4 Å². The van der Waals surface area contributed by atoms with Gasteiger partial charge < -0.3 is 49.6 Å². The summed E-state index contributed by atoms with van der Waals surface area (Å²) in [7, 11) is 5.27. The maximum absolute atomic E-state index is 13.4. The first-order chi connectivity index (χ1) is 27.4. The van der Waals surface area contributed by atoms with E-state index in [0.717, 1.165) is 12.8 Å². The van der Waals surface area contributed by atoms with Gasteiger partial charge in [0.2, 0.25) is 11.2 Å². The molecule has 1 amide bonds. The van der Waals surface area contributed by atoms with Crippen LogP contribution in [0.1, 0.15) is 52.7 Å². The summed E-state index contributed by atoms with van der Waals surface area (Å²) in [6.07, 6.45) is 1.76. The Balaban J connectivity index is 0.936. The summed E-state index contributed by atoms with van der Waals surface area (Å²) in [6, 6.07) is 16.6. The highest BCUT2D eigenvalue weighted by molar-refractivity contribution is 7.12. The van der Waals surface area contributed by atoms with Crippen LogP contribution in [0.15, 0.2) is 76.2 Å². The second-order valence-corrected chi connectivity index (χ2v) is 16.4. The van der Waals surface area contributed by atoms with Gasteiger partial charge in [-0.15, -0.1) is 22.7 Å². The maximum Gasteiger partial charge on any atom is 0.349 e. The average Bonchev–Trinajstić information content (AvgIpc) is 3.96. The summed E-state index contributed by atoms with van der Waals surface area (Å²) in [5.41, 5.74) is -0.671. The normalized spacial score (nSPS) is 16.4. The van der Waals surface area contributed by atoms with Crippen molar-refractivity contribution in [1.82, 2.24) is 20.1 Å². The first-order valence-electron chi connectivity index (χ1n) is 18.6. The first-order valence-corrected chi connectivity index (χ1v) is 20.7. The first kappa shape index (κ1) is 42.1. The standard InChI is InChI=1S/C41H47ClN4O9S2/c1-45(26-8-10-27(11-9-26)55-40(51)41(52,35-6-4-18-56-35)36-7-5-19-57-36)16-17-46(2)38(50)24-54-34-21-33(53-3)25(20-30(34)42)22-43-23-32(48)28-12-14-31(47)39-29(28)13-15-37(49)44-39/h4-7,12-15,18-21,26-27,32,43,47-48,52H,8-11,16-17,22-24H2,1-3H3,(H,44,49)/t26?,27?,32-/m1/s1. The van der Waals surface area contributed by atoms with Gasteiger partial charge in [0.25, 0.3) is 5.91 Å². The van der Waals surface area contributed by atoms with Gasteiger partial charge in [-0.2, -0.15) is 0 Å². The number of phenols is 1. The van der Waals surface area contributed by atoms with Crippen LogP contribution in [-0.2, 0) is 26.5 Å². The molecule has 1 aliphatic carbocycles. The predicted octanol–water partition coefficient (Wildman–Crippen LogP) is 5.40. The third-order valence-corrected chi connectivity index (χ3v) is 12.7. The number of esters is 1. The van der Waals surface area contributed by atoms with Crippen LogP contribution < -0.4 is 20.3 Å². The molecule has 0 unspecified atom stereocenters. The van der Waals surface area contributed by atoms with Gasteiger partial charge in [0.05, 0.1) is 33.5 Å². The largest absolute Gasteiger partial charge is 0.506 e. The number of amides is 1. The number of methoxy groups -OCH3 is 1. The van der Waals surface area contributed by atoms with Crippen LogP contribution in [0.3, 0.4) is 0 Å². The lowest BCUT2D eigenvalue weighted by Gasteiger charge is -2.36. The molecule has 1 aliphatic rings. The number of pyridine rings is 1. The number of carbonyl (C=O) groups is 2. The molecule has 0 aliphatic heterocycles. The van der Waals surface area contributed by atoms with Gasteiger partial charge in [0.15, 0.2) is 6.61 Å². The molecular formula is C41H47ClN4O9S2. The van der Waals surface area contributed by atoms with Crippen molar-refractivity contribution in [2.45, 2.75) is 56.1 Å². The Morgan fingerprint density at radius 1 is 1.00 bits per heavy atom. The smallest absolute Gasteiger partial charge is 0.349 e. The zero-order valence-corrected chi connectivity index (χ0v) is 34.3. The summed E-state index contributed by atoms with van der Waals surface area (Å²) < 4.78 is 17.3. The molecule has 0 radical (unpaired) electrons. The molecular weight excluding hydrogens is 792 g/mol. The number of nitrogens with one attached hydrogen (secondary N) is 2. The quantitative estimate of drug-likeness (QED) is 0.0759. The number of phenolic OH excluding ortho intramolecular Hbond substituents is 1. The number of fused-ring (bicyclic) bond motifs is 1. The lowest BCUT2D eigenvalue weighted by atomic mass is 9.91. The molecule has 0 bridgehead atoms. The number of thiophene rings is 2. The van der Waals surface area contributed by atoms with Crippen molar-refractivity contribution < 1.29 is 39.1 Å². The number of rotatable bonds is 17. The third-order valence-electron chi connectivity index (χ3n) is 10.4. The number of aromatic amines is 1. The second-order valence-electron chi connectivity index (χ2n) is 14.1. The van der Waals surface area contributed by atoms with Crippen molar-refractivity contribution >= 4 is 57.1 Å². The van der Waals surface area contributed by atoms with Crippen molar-refractivity contribution in [2.24, 2.45) is 0 Å². The number of aliphatic hydroxyl groups excluding tert-OH is 1. The van der Waals surface area contributed by atoms with E-state index in [2.05, 4.69) is 15.2 Å². The Bertz CT molecular complexity index is 2160. The van der Waals surface area contributed by atoms with Gasteiger partial charge in [0.1, 0.15) is 23.4 Å². The van der Waals surface area contributed by atoms with E-state index < -0.39 is 17.7 Å². The SMILES string of the molecule is COc1cc(OCC(=O)N(C)CCN(C)C2CCC(OC(=O)C(O)(c3cccs3)c3cccs3)CC2)c(Cl)cc1CNC[C@@H](O)c1ccc(O)c2[nH]c(=O)ccc12. The van der Waals surface area contributed by atoms with Crippen LogP contribution in [0.5, 0.6) is 17.2 Å². The predicted molar refractivity (Wildman–Crippen MR) is 220 cm³/mol. The molecule has 5 aromatic rings. The lowest BCUT2D eigenvalue weighted by molar-refractivity contribution is -0.169. The maximum atomic E-state index is 13.4. The number of benzene rings is 2. The van der Waals surface area contributed by atoms with E-state index in [0.29, 0.717) is 75.3 Å². The average molecular weight is 839 g/mol. The fourth-order valence-corrected chi connectivity index (χ4v) is 8.97. The summed E-state index contributed by atoms with van der Waals surface area (Å²) in [5, 5.41) is 40.3. The number of carbonyl (C=O) groups excluding carboxylic acids is 2. The number of nitrogens with zero attached hydrogens (tertiary/aromatic N) is 2. The molecule has 1 fully saturated rings. The van der Waals surface area contributed by atoms with Gasteiger partial charge in [-0.05, 0) is 79.4 Å². The minimum Gasteiger partial charge on any atom is -0.506 e. The summed E-state index contributed by atoms with van der Waals surface area (Å²) in [6.45, 7) is 1.35. The van der Waals surface area contributed by atoms with Gasteiger partial charge in [-0.3, -0.25) is 9.59 Å². The molecule has 304 valence electrons. The minimum atomic E-state index is -1.82. The monoisotopic (exact) mass is 838 g/mol. The molecule has 13 nitrogen and oxygen atoms in total. The van der Waals surface area contributed by atoms with E-state index in [4.69, 9.17) is 25.8 Å². The summed E-state index contributed by atoms with van der Waals surface area (Å²) in [5.74, 6) is -0.171. The van der Waals surface area contributed by atoms with Crippen molar-refractivity contribution in [3.63, 3.8) is 0 Å². The van der Waals surface area contributed by atoms with Gasteiger partial charge in [-0.1, -0.05) is 29.8 Å². The highest BCUT2D eigenvalue weighted by atomic mass is 35.5. The van der Waals surface area contributed by atoms with E-state index in [1.54, 1.807) is 48.3 Å². The molecule has 5 N–H and O–H groups in total. The van der Waals surface area contributed by atoms with Crippen molar-refractivity contribution in [3.8, 4) is 17.2 Å². The Morgan fingerprint density at radius 3 is 2.35 bits per heavy atom. The highest BCUT2D eigenvalue weighted by Crippen LogP contribution is 2.38. The molecule has 6 rings (SSSR count). The Morgan fingerprint density at radius 2 is 1.70 bits per heavy atom. The van der Waals surface area contributed by atoms with Gasteiger partial charge >= 0.3 is 5.97 Å². The fourth-order valence-electron chi connectivity index (χ4n) is 7.01. The van der Waals surface area contributed by atoms with Crippen LogP contribution in [0.25, 0.3) is 10.9 Å². The van der Waals surface area contributed by atoms with Crippen molar-refractivity contribution in [1.29, 1.82) is 0 Å². The topological polar surface area (TPSA) is 174 Å². The van der Waals surface area contributed by atoms with E-state index in [1.165, 1.54) is 41.9 Å². The number of aliphatic hydroxyl groups is 2. The number of hydrogen-bond donors (Lipinski definition) is 5. The second kappa shape index (κ2) is 18.9. The number of likely N-dealkylation sites (N-methyl/N-ethyl adjacent to an activating group) is 2. The molecule has 2 aromatic carbocycles. The van der Waals surface area contributed by atoms with E-state index in [-0.39, 0.29) is 48.0 Å². The number of H-pyrrole nitrogens is 1. The summed E-state index contributed by atoms with van der Waals surface area (Å²) in [4.78, 5) is 45.7. The number of hydrogen-bond acceptors (Lipinski definition) is 13. The molecule has 57 heavy (non-hydrogen) atoms. The molecule has 1 atom stereocenters. The third kappa shape index (κ3) is 9.80. The van der Waals surface area contributed by atoms with Crippen molar-refractivity contribution in [3.05, 3.63) is 108 Å². The van der Waals surface area contributed by atoms with E-state index >= 15 is 0 Å². The fraction of sp³-hybridized carbons (Fsp3) is 0.390. The Hall–Kier alpha value is -4.48. The number of aromatic nitrogens is 1. The van der Waals surface area contributed by atoms with Gasteiger partial charge in [-0.25, -0.2) is 4.79 Å². The molecule has 0 spiro atoms. The van der Waals surface area contributed by atoms with Crippen LogP contribution >= 0.6 is 34.3 Å². The van der Waals surface area contributed by atoms with Crippen LogP contribution in [0.4, 0.5) is 0 Å². The van der Waals surface area contributed by atoms with E-state index in [1.807, 2.05) is 29.9 Å². The highest BCUT2D eigenvalue weighted by Gasteiger charge is 2.45. The zero-order chi connectivity index (χ0) is 40.7. The van der Waals surface area contributed by atoms with Crippen LogP contribution in [0, 0.1) is 0 Å². The van der Waals surface area contributed by atoms with Crippen LogP contribution in [0.2, 0.25) is 5.02 Å². The number of ether oxygens (including phenoxy) is 3. The van der Waals surface area contributed by atoms with E-state index in [9.17, 15) is 29.7 Å². The molecule has 3 aromatic heterocycles. The molecule has 3 heterocycles. The minimum absolute atomic E-state index is 0.0848. The number of halogens is 1. The zero-order valence-electron chi connectivity index (χ0n) is 31.9. The molecule has 1 saturated carbocycles. The molecule has 16 heteroatoms. The Labute approximate surface area is 343 Å².